The van der Waals surface area contributed by atoms with Gasteiger partial charge >= 0.3 is 0 Å². The highest BCUT2D eigenvalue weighted by Gasteiger charge is 2.22. The number of benzene rings is 1. The smallest absolute Gasteiger partial charge is 0.268 e. The quantitative estimate of drug-likeness (QED) is 0.776. The van der Waals surface area contributed by atoms with E-state index >= 15 is 0 Å². The summed E-state index contributed by atoms with van der Waals surface area (Å²) < 4.78 is 1.86. The first-order valence-corrected chi connectivity index (χ1v) is 7.43. The molecule has 6 heteroatoms. The van der Waals surface area contributed by atoms with Crippen LogP contribution < -0.4 is 5.32 Å². The number of H-pyrrole nitrogens is 1. The van der Waals surface area contributed by atoms with Crippen LogP contribution >= 0.6 is 0 Å². The first kappa shape index (κ1) is 15.0. The van der Waals surface area contributed by atoms with E-state index in [1.54, 1.807) is 0 Å². The lowest BCUT2D eigenvalue weighted by Gasteiger charge is -2.16. The summed E-state index contributed by atoms with van der Waals surface area (Å²) in [5.41, 5.74) is 2.57. The molecule has 1 atom stereocenters. The number of aromatic nitrogens is 4. The Morgan fingerprint density at radius 2 is 1.91 bits per heavy atom. The molecule has 1 aromatic carbocycles. The van der Waals surface area contributed by atoms with Crippen molar-refractivity contribution in [3.8, 4) is 0 Å². The zero-order valence-electron chi connectivity index (χ0n) is 13.4. The van der Waals surface area contributed by atoms with Crippen molar-refractivity contribution in [2.24, 2.45) is 7.05 Å². The minimum absolute atomic E-state index is 0.156. The number of rotatable bonds is 4. The van der Waals surface area contributed by atoms with Crippen molar-refractivity contribution in [2.45, 2.75) is 19.9 Å². The molecule has 2 N–H and O–H groups in total. The van der Waals surface area contributed by atoms with Crippen LogP contribution in [0.2, 0.25) is 0 Å². The second-order valence-corrected chi connectivity index (χ2v) is 5.52. The fourth-order valence-electron chi connectivity index (χ4n) is 2.48. The zero-order chi connectivity index (χ0) is 16.4. The maximum Gasteiger partial charge on any atom is 0.268 e. The van der Waals surface area contributed by atoms with Crippen LogP contribution in [0.3, 0.4) is 0 Å². The molecule has 0 bridgehead atoms. The number of hydrogen-bond acceptors (Lipinski definition) is 3. The van der Waals surface area contributed by atoms with E-state index in [0.29, 0.717) is 17.3 Å². The normalized spacial score (nSPS) is 12.1. The van der Waals surface area contributed by atoms with Crippen molar-refractivity contribution in [3.05, 3.63) is 71.1 Å². The summed E-state index contributed by atoms with van der Waals surface area (Å²) in [4.78, 5) is 17.0. The summed E-state index contributed by atoms with van der Waals surface area (Å²) in [5, 5.41) is 10.1. The van der Waals surface area contributed by atoms with E-state index in [2.05, 4.69) is 20.5 Å². The Hall–Kier alpha value is -2.89. The second kappa shape index (κ2) is 6.08. The van der Waals surface area contributed by atoms with Crippen molar-refractivity contribution in [3.63, 3.8) is 0 Å². The summed E-state index contributed by atoms with van der Waals surface area (Å²) >= 11 is 0. The average Bonchev–Trinajstić information content (AvgIpc) is 3.12. The van der Waals surface area contributed by atoms with Crippen LogP contribution in [0.5, 0.6) is 0 Å². The van der Waals surface area contributed by atoms with Gasteiger partial charge in [0.15, 0.2) is 5.82 Å². The van der Waals surface area contributed by atoms with Crippen LogP contribution in [-0.4, -0.2) is 25.7 Å². The van der Waals surface area contributed by atoms with Gasteiger partial charge in [-0.15, -0.1) is 0 Å². The van der Waals surface area contributed by atoms with E-state index in [0.717, 1.165) is 11.3 Å². The SMILES string of the molecule is Cc1nc([C@@H](NC(=O)c2ccc(C)n2C)c2ccccc2)n[nH]1. The average molecular weight is 309 g/mol. The highest BCUT2D eigenvalue weighted by Crippen LogP contribution is 2.19. The first-order chi connectivity index (χ1) is 11.1. The number of hydrogen-bond donors (Lipinski definition) is 2. The summed E-state index contributed by atoms with van der Waals surface area (Å²) in [6.07, 6.45) is 0. The summed E-state index contributed by atoms with van der Waals surface area (Å²) in [6, 6.07) is 13.0. The molecule has 2 aromatic heterocycles. The molecular formula is C17H19N5O. The third-order valence-electron chi connectivity index (χ3n) is 3.89. The summed E-state index contributed by atoms with van der Waals surface area (Å²) in [6.45, 7) is 3.80. The van der Waals surface area contributed by atoms with Crippen molar-refractivity contribution in [1.82, 2.24) is 25.1 Å². The van der Waals surface area contributed by atoms with Gasteiger partial charge in [0.2, 0.25) is 0 Å². The fourth-order valence-corrected chi connectivity index (χ4v) is 2.48. The second-order valence-electron chi connectivity index (χ2n) is 5.52. The van der Waals surface area contributed by atoms with Crippen molar-refractivity contribution >= 4 is 5.91 Å². The van der Waals surface area contributed by atoms with Crippen molar-refractivity contribution in [1.29, 1.82) is 0 Å². The topological polar surface area (TPSA) is 75.6 Å². The number of aromatic amines is 1. The zero-order valence-corrected chi connectivity index (χ0v) is 13.4. The maximum atomic E-state index is 12.6. The van der Waals surface area contributed by atoms with Crippen molar-refractivity contribution < 1.29 is 4.79 Å². The molecule has 0 saturated heterocycles. The number of aryl methyl sites for hydroxylation is 2. The third kappa shape index (κ3) is 3.01. The first-order valence-electron chi connectivity index (χ1n) is 7.43. The van der Waals surface area contributed by atoms with Gasteiger partial charge in [-0.3, -0.25) is 9.89 Å². The molecule has 23 heavy (non-hydrogen) atoms. The van der Waals surface area contributed by atoms with Gasteiger partial charge < -0.3 is 9.88 Å². The summed E-state index contributed by atoms with van der Waals surface area (Å²) in [7, 11) is 1.87. The molecule has 0 aliphatic rings. The largest absolute Gasteiger partial charge is 0.344 e. The maximum absolute atomic E-state index is 12.6. The number of carbonyl (C=O) groups is 1. The van der Waals surface area contributed by atoms with Gasteiger partial charge in [-0.25, -0.2) is 4.98 Å². The van der Waals surface area contributed by atoms with Crippen LogP contribution in [0.25, 0.3) is 0 Å². The van der Waals surface area contributed by atoms with E-state index in [4.69, 9.17) is 0 Å². The van der Waals surface area contributed by atoms with Gasteiger partial charge in [-0.2, -0.15) is 5.10 Å². The molecule has 0 saturated carbocycles. The highest BCUT2D eigenvalue weighted by atomic mass is 16.2. The van der Waals surface area contributed by atoms with Crippen LogP contribution in [0.1, 0.15) is 39.4 Å². The van der Waals surface area contributed by atoms with E-state index in [1.165, 1.54) is 0 Å². The molecule has 0 aliphatic carbocycles. The minimum atomic E-state index is -0.399. The molecule has 2 heterocycles. The predicted molar refractivity (Wildman–Crippen MR) is 87.0 cm³/mol. The molecule has 118 valence electrons. The Balaban J connectivity index is 1.93. The Morgan fingerprint density at radius 3 is 2.48 bits per heavy atom. The van der Waals surface area contributed by atoms with Gasteiger partial charge in [0.1, 0.15) is 17.6 Å². The standard InChI is InChI=1S/C17H19N5O/c1-11-9-10-14(22(11)3)17(23)19-15(13-7-5-4-6-8-13)16-18-12(2)20-21-16/h4-10,15H,1-3H3,(H,19,23)(H,18,20,21)/t15-/m0/s1. The van der Waals surface area contributed by atoms with Crippen LogP contribution in [0.15, 0.2) is 42.5 Å². The molecule has 3 rings (SSSR count). The number of nitrogens with one attached hydrogen (secondary N) is 2. The Morgan fingerprint density at radius 1 is 1.17 bits per heavy atom. The molecule has 3 aromatic rings. The van der Waals surface area contributed by atoms with Gasteiger partial charge in [-0.1, -0.05) is 30.3 Å². The van der Waals surface area contributed by atoms with E-state index in [1.807, 2.05) is 67.9 Å². The Kier molecular flexibility index (Phi) is 3.97. The molecule has 0 fully saturated rings. The lowest BCUT2D eigenvalue weighted by atomic mass is 10.1. The molecule has 1 amide bonds. The minimum Gasteiger partial charge on any atom is -0.344 e. The van der Waals surface area contributed by atoms with E-state index in [9.17, 15) is 4.79 Å². The van der Waals surface area contributed by atoms with Crippen LogP contribution in [-0.2, 0) is 7.05 Å². The molecule has 6 nitrogen and oxygen atoms in total. The van der Waals surface area contributed by atoms with Gasteiger partial charge in [0.05, 0.1) is 0 Å². The van der Waals surface area contributed by atoms with E-state index < -0.39 is 6.04 Å². The highest BCUT2D eigenvalue weighted by molar-refractivity contribution is 5.93. The van der Waals surface area contributed by atoms with Gasteiger partial charge in [0, 0.05) is 12.7 Å². The Labute approximate surface area is 134 Å². The molecule has 0 spiro atoms. The fraction of sp³-hybridized carbons (Fsp3) is 0.235. The molecular weight excluding hydrogens is 290 g/mol. The molecule has 0 unspecified atom stereocenters. The number of carbonyl (C=O) groups excluding carboxylic acids is 1. The lowest BCUT2D eigenvalue weighted by Crippen LogP contribution is -2.31. The lowest BCUT2D eigenvalue weighted by molar-refractivity contribution is 0.0933. The molecule has 0 radical (unpaired) electrons. The summed E-state index contributed by atoms with van der Waals surface area (Å²) in [5.74, 6) is 1.11. The van der Waals surface area contributed by atoms with Gasteiger partial charge in [0.25, 0.3) is 5.91 Å². The number of nitrogens with zero attached hydrogens (tertiary/aromatic N) is 3. The predicted octanol–water partition coefficient (Wildman–Crippen LogP) is 2.28. The third-order valence-corrected chi connectivity index (χ3v) is 3.89. The Bertz CT molecular complexity index is 819. The van der Waals surface area contributed by atoms with Crippen molar-refractivity contribution in [2.75, 3.05) is 0 Å². The molecule has 0 aliphatic heterocycles. The van der Waals surface area contributed by atoms with Crippen LogP contribution in [0.4, 0.5) is 0 Å². The van der Waals surface area contributed by atoms with Crippen LogP contribution in [0, 0.1) is 13.8 Å². The van der Waals surface area contributed by atoms with E-state index in [-0.39, 0.29) is 5.91 Å². The monoisotopic (exact) mass is 309 g/mol. The number of amides is 1. The van der Waals surface area contributed by atoms with Gasteiger partial charge in [-0.05, 0) is 31.5 Å².